The molecule has 0 atom stereocenters. The van der Waals surface area contributed by atoms with Gasteiger partial charge >= 0.3 is 5.97 Å². The van der Waals surface area contributed by atoms with Crippen molar-refractivity contribution in [3.05, 3.63) is 24.3 Å². The van der Waals surface area contributed by atoms with Crippen LogP contribution in [0.1, 0.15) is 103 Å². The highest BCUT2D eigenvalue weighted by molar-refractivity contribution is 5.66. The third kappa shape index (κ3) is 21.0. The smallest absolute Gasteiger partial charge is 0.303 e. The largest absolute Gasteiger partial charge is 0.481 e. The molecule has 0 fully saturated rings. The van der Waals surface area contributed by atoms with Crippen LogP contribution in [0.3, 0.4) is 0 Å². The van der Waals surface area contributed by atoms with Gasteiger partial charge in [0, 0.05) is 6.42 Å². The summed E-state index contributed by atoms with van der Waals surface area (Å²) in [4.78, 5) is 10.3. The molecule has 0 saturated heterocycles. The second-order valence-corrected chi connectivity index (χ2v) is 6.47. The van der Waals surface area contributed by atoms with Gasteiger partial charge in [0.25, 0.3) is 0 Å². The molecule has 0 amide bonds. The molecule has 0 aliphatic carbocycles. The minimum absolute atomic E-state index is 0.271. The lowest BCUT2D eigenvalue weighted by molar-refractivity contribution is -0.137. The standard InChI is InChI=1S/C21H38O2/c1-2-3-4-5-6-7-8-9-10-11-12-13-14-15-16-17-18-19-20-21(22)23/h14-17H,2-13,18-20H2,1H3,(H,22,23)/b15-14+,17-16+. The van der Waals surface area contributed by atoms with Crippen molar-refractivity contribution in [3.8, 4) is 0 Å². The number of unbranched alkanes of at least 4 members (excludes halogenated alkanes) is 12. The summed E-state index contributed by atoms with van der Waals surface area (Å²) in [6.45, 7) is 2.27. The van der Waals surface area contributed by atoms with Crippen LogP contribution in [0.25, 0.3) is 0 Å². The van der Waals surface area contributed by atoms with Gasteiger partial charge in [-0.25, -0.2) is 0 Å². The van der Waals surface area contributed by atoms with Crippen LogP contribution in [0.5, 0.6) is 0 Å². The van der Waals surface area contributed by atoms with E-state index in [1.54, 1.807) is 0 Å². The molecule has 0 rings (SSSR count). The number of allylic oxidation sites excluding steroid dienone is 4. The van der Waals surface area contributed by atoms with Crippen molar-refractivity contribution < 1.29 is 9.90 Å². The Kier molecular flexibility index (Phi) is 18.1. The molecule has 0 unspecified atom stereocenters. The predicted octanol–water partition coefficient (Wildman–Crippen LogP) is 7.05. The summed E-state index contributed by atoms with van der Waals surface area (Å²) in [6.07, 6.45) is 26.8. The highest BCUT2D eigenvalue weighted by atomic mass is 16.4. The van der Waals surface area contributed by atoms with Gasteiger partial charge in [-0.1, -0.05) is 95.4 Å². The molecule has 0 aliphatic heterocycles. The van der Waals surface area contributed by atoms with Crippen LogP contribution in [-0.4, -0.2) is 11.1 Å². The summed E-state index contributed by atoms with van der Waals surface area (Å²) in [5, 5.41) is 8.51. The number of hydrogen-bond donors (Lipinski definition) is 1. The number of carboxylic acid groups (broad SMARTS) is 1. The highest BCUT2D eigenvalue weighted by Crippen LogP contribution is 2.12. The van der Waals surface area contributed by atoms with E-state index in [1.165, 1.54) is 70.6 Å². The van der Waals surface area contributed by atoms with Crippen LogP contribution in [0.15, 0.2) is 24.3 Å². The van der Waals surface area contributed by atoms with Gasteiger partial charge in [0.2, 0.25) is 0 Å². The number of hydrogen-bond acceptors (Lipinski definition) is 1. The normalized spacial score (nSPS) is 11.7. The minimum atomic E-state index is -0.703. The van der Waals surface area contributed by atoms with Gasteiger partial charge in [0.1, 0.15) is 0 Å². The first-order chi connectivity index (χ1) is 11.3. The maximum atomic E-state index is 10.3. The fourth-order valence-corrected chi connectivity index (χ4v) is 2.65. The molecule has 0 aromatic rings. The summed E-state index contributed by atoms with van der Waals surface area (Å²) < 4.78 is 0. The summed E-state index contributed by atoms with van der Waals surface area (Å²) in [5.41, 5.74) is 0. The lowest BCUT2D eigenvalue weighted by Gasteiger charge is -2.01. The van der Waals surface area contributed by atoms with Gasteiger partial charge in [-0.3, -0.25) is 4.79 Å². The fourth-order valence-electron chi connectivity index (χ4n) is 2.65. The van der Waals surface area contributed by atoms with Crippen LogP contribution in [0.4, 0.5) is 0 Å². The molecule has 0 aromatic heterocycles. The zero-order valence-corrected chi connectivity index (χ0v) is 15.3. The molecule has 0 spiro atoms. The van der Waals surface area contributed by atoms with E-state index in [9.17, 15) is 4.79 Å². The van der Waals surface area contributed by atoms with Crippen LogP contribution >= 0.6 is 0 Å². The average Bonchev–Trinajstić information content (AvgIpc) is 2.53. The molecule has 23 heavy (non-hydrogen) atoms. The van der Waals surface area contributed by atoms with E-state index < -0.39 is 5.97 Å². The van der Waals surface area contributed by atoms with Crippen molar-refractivity contribution in [2.24, 2.45) is 0 Å². The molecule has 0 aromatic carbocycles. The summed E-state index contributed by atoms with van der Waals surface area (Å²) in [7, 11) is 0. The number of rotatable bonds is 17. The number of aliphatic carboxylic acids is 1. The monoisotopic (exact) mass is 322 g/mol. The van der Waals surface area contributed by atoms with E-state index in [0.29, 0.717) is 0 Å². The molecule has 0 aliphatic rings. The fraction of sp³-hybridized carbons (Fsp3) is 0.762. The second-order valence-electron chi connectivity index (χ2n) is 6.47. The number of carbonyl (C=O) groups is 1. The quantitative estimate of drug-likeness (QED) is 0.230. The summed E-state index contributed by atoms with van der Waals surface area (Å²) in [5.74, 6) is -0.703. The Labute approximate surface area is 144 Å². The molecule has 2 nitrogen and oxygen atoms in total. The Balaban J connectivity index is 3.16. The molecule has 0 radical (unpaired) electrons. The average molecular weight is 323 g/mol. The van der Waals surface area contributed by atoms with Gasteiger partial charge in [-0.15, -0.1) is 0 Å². The maximum absolute atomic E-state index is 10.3. The summed E-state index contributed by atoms with van der Waals surface area (Å²) in [6, 6.07) is 0. The van der Waals surface area contributed by atoms with Crippen LogP contribution in [0.2, 0.25) is 0 Å². The van der Waals surface area contributed by atoms with Crippen LogP contribution < -0.4 is 0 Å². The summed E-state index contributed by atoms with van der Waals surface area (Å²) >= 11 is 0. The third-order valence-electron chi connectivity index (χ3n) is 4.12. The van der Waals surface area contributed by atoms with Crippen molar-refractivity contribution in [1.29, 1.82) is 0 Å². The molecule has 0 saturated carbocycles. The molecule has 0 heterocycles. The highest BCUT2D eigenvalue weighted by Gasteiger charge is 1.93. The van der Waals surface area contributed by atoms with Crippen molar-refractivity contribution in [1.82, 2.24) is 0 Å². The first-order valence-electron chi connectivity index (χ1n) is 9.80. The van der Waals surface area contributed by atoms with Gasteiger partial charge in [0.05, 0.1) is 0 Å². The molecule has 0 bridgehead atoms. The van der Waals surface area contributed by atoms with Crippen LogP contribution in [-0.2, 0) is 4.79 Å². The SMILES string of the molecule is CCCCCCCCCCCCC/C=C/C=C/CCCC(=O)O. The first-order valence-corrected chi connectivity index (χ1v) is 9.80. The molecule has 134 valence electrons. The van der Waals surface area contributed by atoms with E-state index in [2.05, 4.69) is 25.2 Å². The van der Waals surface area contributed by atoms with Gasteiger partial charge in [0.15, 0.2) is 0 Å². The van der Waals surface area contributed by atoms with E-state index >= 15 is 0 Å². The van der Waals surface area contributed by atoms with E-state index in [4.69, 9.17) is 5.11 Å². The maximum Gasteiger partial charge on any atom is 0.303 e. The molecule has 1 N–H and O–H groups in total. The lowest BCUT2D eigenvalue weighted by Crippen LogP contribution is -1.92. The zero-order chi connectivity index (χ0) is 17.0. The predicted molar refractivity (Wildman–Crippen MR) is 101 cm³/mol. The Morgan fingerprint density at radius 3 is 1.61 bits per heavy atom. The van der Waals surface area contributed by atoms with E-state index in [0.717, 1.165) is 19.3 Å². The van der Waals surface area contributed by atoms with E-state index in [1.807, 2.05) is 6.08 Å². The molecule has 2 heteroatoms. The Hall–Kier alpha value is -1.05. The van der Waals surface area contributed by atoms with Crippen molar-refractivity contribution in [3.63, 3.8) is 0 Å². The zero-order valence-electron chi connectivity index (χ0n) is 15.3. The first kappa shape index (κ1) is 21.9. The van der Waals surface area contributed by atoms with Crippen LogP contribution in [0, 0.1) is 0 Å². The second kappa shape index (κ2) is 19.0. The Morgan fingerprint density at radius 2 is 1.13 bits per heavy atom. The molecular weight excluding hydrogens is 284 g/mol. The van der Waals surface area contributed by atoms with Gasteiger partial charge in [-0.2, -0.15) is 0 Å². The van der Waals surface area contributed by atoms with E-state index in [-0.39, 0.29) is 6.42 Å². The number of carboxylic acids is 1. The third-order valence-corrected chi connectivity index (χ3v) is 4.12. The van der Waals surface area contributed by atoms with Gasteiger partial charge in [-0.05, 0) is 25.7 Å². The van der Waals surface area contributed by atoms with Crippen molar-refractivity contribution in [2.45, 2.75) is 103 Å². The Bertz CT molecular complexity index is 305. The Morgan fingerprint density at radius 1 is 0.696 bits per heavy atom. The van der Waals surface area contributed by atoms with Crippen molar-refractivity contribution >= 4 is 5.97 Å². The topological polar surface area (TPSA) is 37.3 Å². The minimum Gasteiger partial charge on any atom is -0.481 e. The molecular formula is C21H38O2. The lowest BCUT2D eigenvalue weighted by atomic mass is 10.1. The van der Waals surface area contributed by atoms with Crippen molar-refractivity contribution in [2.75, 3.05) is 0 Å². The van der Waals surface area contributed by atoms with Gasteiger partial charge < -0.3 is 5.11 Å².